The molecule has 0 aliphatic rings. The Bertz CT molecular complexity index is 1190. The van der Waals surface area contributed by atoms with E-state index in [2.05, 4.69) is 41.2 Å². The molecule has 0 fully saturated rings. The molecule has 0 saturated carbocycles. The Kier molecular flexibility index (Phi) is 5.50. The molecule has 0 saturated heterocycles. The fourth-order valence-corrected chi connectivity index (χ4v) is 3.71. The van der Waals surface area contributed by atoms with Crippen molar-refractivity contribution in [3.05, 3.63) is 71.2 Å². The van der Waals surface area contributed by atoms with Crippen LogP contribution in [0.4, 0.5) is 11.5 Å². The van der Waals surface area contributed by atoms with Gasteiger partial charge in [0.25, 0.3) is 5.91 Å². The zero-order valence-corrected chi connectivity index (χ0v) is 17.9. The van der Waals surface area contributed by atoms with Crippen LogP contribution in [0.15, 0.2) is 59.1 Å². The first-order valence-electron chi connectivity index (χ1n) is 9.91. The number of furan rings is 1. The zero-order chi connectivity index (χ0) is 21.3. The number of hydrogen-bond acceptors (Lipinski definition) is 4. The maximum absolute atomic E-state index is 12.8. The van der Waals surface area contributed by atoms with Crippen molar-refractivity contribution in [2.75, 3.05) is 23.3 Å². The minimum atomic E-state index is -0.342. The van der Waals surface area contributed by atoms with Crippen LogP contribution < -0.4 is 10.2 Å². The van der Waals surface area contributed by atoms with E-state index in [1.165, 1.54) is 0 Å². The van der Waals surface area contributed by atoms with E-state index in [1.807, 2.05) is 25.3 Å². The first kappa shape index (κ1) is 20.0. The number of halogens is 1. The van der Waals surface area contributed by atoms with Gasteiger partial charge in [0.2, 0.25) is 0 Å². The molecule has 0 unspecified atom stereocenters. The third-order valence-electron chi connectivity index (χ3n) is 5.12. The van der Waals surface area contributed by atoms with E-state index in [1.54, 1.807) is 28.7 Å². The van der Waals surface area contributed by atoms with Crippen LogP contribution in [0.1, 0.15) is 30.1 Å². The Hall–Kier alpha value is -3.25. The topological polar surface area (TPSA) is 62.8 Å². The number of rotatable bonds is 6. The molecule has 4 rings (SSSR count). The number of nitrogens with zero attached hydrogens (tertiary/aromatic N) is 3. The van der Waals surface area contributed by atoms with Crippen LogP contribution in [-0.4, -0.2) is 28.4 Å². The number of fused-ring (bicyclic) bond motifs is 1. The van der Waals surface area contributed by atoms with Crippen molar-refractivity contribution >= 4 is 34.7 Å². The molecule has 0 aliphatic heterocycles. The number of nitrogens with one attached hydrogen (secondary N) is 1. The van der Waals surface area contributed by atoms with E-state index in [-0.39, 0.29) is 11.7 Å². The second-order valence-electron chi connectivity index (χ2n) is 6.93. The molecule has 3 heterocycles. The van der Waals surface area contributed by atoms with E-state index in [0.29, 0.717) is 27.9 Å². The van der Waals surface area contributed by atoms with Gasteiger partial charge in [0.1, 0.15) is 11.6 Å². The zero-order valence-electron chi connectivity index (χ0n) is 17.1. The normalized spacial score (nSPS) is 11.1. The Morgan fingerprint density at radius 2 is 1.87 bits per heavy atom. The number of anilines is 2. The van der Waals surface area contributed by atoms with E-state index < -0.39 is 0 Å². The van der Waals surface area contributed by atoms with Crippen LogP contribution >= 0.6 is 11.6 Å². The van der Waals surface area contributed by atoms with Gasteiger partial charge in [-0.05, 0) is 69.3 Å². The largest absolute Gasteiger partial charge is 0.451 e. The molecule has 0 bridgehead atoms. The van der Waals surface area contributed by atoms with Crippen molar-refractivity contribution in [2.45, 2.75) is 20.8 Å². The predicted molar refractivity (Wildman–Crippen MR) is 121 cm³/mol. The summed E-state index contributed by atoms with van der Waals surface area (Å²) in [6.45, 7) is 8.00. The monoisotopic (exact) mass is 422 g/mol. The van der Waals surface area contributed by atoms with Crippen molar-refractivity contribution in [1.29, 1.82) is 0 Å². The molecule has 3 aromatic heterocycles. The summed E-state index contributed by atoms with van der Waals surface area (Å²) in [5.74, 6) is 1.10. The number of amides is 1. The Morgan fingerprint density at radius 1 is 1.13 bits per heavy atom. The fourth-order valence-electron chi connectivity index (χ4n) is 3.51. The third-order valence-corrected chi connectivity index (χ3v) is 5.41. The predicted octanol–water partition coefficient (Wildman–Crippen LogP) is 5.65. The second kappa shape index (κ2) is 8.24. The lowest BCUT2D eigenvalue weighted by molar-refractivity contribution is 0.0997. The van der Waals surface area contributed by atoms with Gasteiger partial charge in [-0.2, -0.15) is 0 Å². The first-order chi connectivity index (χ1) is 14.5. The third kappa shape index (κ3) is 3.66. The van der Waals surface area contributed by atoms with E-state index in [9.17, 15) is 4.79 Å². The highest BCUT2D eigenvalue weighted by Gasteiger charge is 2.17. The lowest BCUT2D eigenvalue weighted by Gasteiger charge is -2.20. The van der Waals surface area contributed by atoms with Crippen LogP contribution in [0.3, 0.4) is 0 Å². The highest BCUT2D eigenvalue weighted by molar-refractivity contribution is 6.33. The summed E-state index contributed by atoms with van der Waals surface area (Å²) in [5, 5.41) is 3.41. The molecule has 1 aromatic carbocycles. The maximum Gasteiger partial charge on any atom is 0.292 e. The van der Waals surface area contributed by atoms with Crippen molar-refractivity contribution in [1.82, 2.24) is 9.38 Å². The number of benzene rings is 1. The molecular weight excluding hydrogens is 400 g/mol. The summed E-state index contributed by atoms with van der Waals surface area (Å²) in [6.07, 6.45) is 1.81. The van der Waals surface area contributed by atoms with Crippen LogP contribution in [0.5, 0.6) is 0 Å². The Balaban J connectivity index is 1.55. The molecule has 0 aliphatic carbocycles. The van der Waals surface area contributed by atoms with Crippen LogP contribution in [-0.2, 0) is 0 Å². The van der Waals surface area contributed by atoms with Gasteiger partial charge in [-0.3, -0.25) is 9.20 Å². The highest BCUT2D eigenvalue weighted by Crippen LogP contribution is 2.27. The summed E-state index contributed by atoms with van der Waals surface area (Å²) in [6, 6.07) is 15.2. The number of aryl methyl sites for hydroxylation is 1. The minimum Gasteiger partial charge on any atom is -0.451 e. The van der Waals surface area contributed by atoms with Gasteiger partial charge in [-0.1, -0.05) is 11.6 Å². The van der Waals surface area contributed by atoms with Gasteiger partial charge < -0.3 is 14.6 Å². The molecule has 30 heavy (non-hydrogen) atoms. The van der Waals surface area contributed by atoms with E-state index in [0.717, 1.165) is 24.3 Å². The maximum atomic E-state index is 12.8. The van der Waals surface area contributed by atoms with Gasteiger partial charge in [-0.15, -0.1) is 0 Å². The van der Waals surface area contributed by atoms with Crippen LogP contribution in [0, 0.1) is 6.92 Å². The molecule has 7 heteroatoms. The minimum absolute atomic E-state index is 0.231. The van der Waals surface area contributed by atoms with Crippen molar-refractivity contribution < 1.29 is 9.21 Å². The molecule has 6 nitrogen and oxygen atoms in total. The molecule has 4 aromatic rings. The molecule has 0 atom stereocenters. The van der Waals surface area contributed by atoms with Gasteiger partial charge in [0.15, 0.2) is 11.4 Å². The van der Waals surface area contributed by atoms with Crippen molar-refractivity contribution in [3.8, 4) is 11.3 Å². The summed E-state index contributed by atoms with van der Waals surface area (Å²) in [5.41, 5.74) is 3.35. The van der Waals surface area contributed by atoms with Gasteiger partial charge in [0.05, 0.1) is 10.7 Å². The second-order valence-corrected chi connectivity index (χ2v) is 7.34. The van der Waals surface area contributed by atoms with Crippen molar-refractivity contribution in [2.24, 2.45) is 0 Å². The quantitative estimate of drug-likeness (QED) is 0.435. The molecule has 1 N–H and O–H groups in total. The molecular formula is C23H23ClN4O2. The average molecular weight is 423 g/mol. The van der Waals surface area contributed by atoms with Gasteiger partial charge in [-0.25, -0.2) is 4.98 Å². The van der Waals surface area contributed by atoms with Crippen molar-refractivity contribution in [3.63, 3.8) is 0 Å². The summed E-state index contributed by atoms with van der Waals surface area (Å²) in [7, 11) is 0. The van der Waals surface area contributed by atoms with E-state index in [4.69, 9.17) is 16.0 Å². The Labute approximate surface area is 180 Å². The highest BCUT2D eigenvalue weighted by atomic mass is 35.5. The average Bonchev–Trinajstić information content (AvgIpc) is 3.36. The SMILES string of the molecule is CCN(CC)c1ccc(-c2ccc(C(=O)Nc3c(C)nc4c(Cl)cccn34)o2)cc1. The van der Waals surface area contributed by atoms with Gasteiger partial charge >= 0.3 is 0 Å². The fraction of sp³-hybridized carbons (Fsp3) is 0.217. The number of hydrogen-bond donors (Lipinski definition) is 1. The number of carbonyl (C=O) groups excluding carboxylic acids is 1. The summed E-state index contributed by atoms with van der Waals surface area (Å²) < 4.78 is 7.58. The number of carbonyl (C=O) groups is 1. The smallest absolute Gasteiger partial charge is 0.292 e. The lowest BCUT2D eigenvalue weighted by atomic mass is 10.1. The number of imidazole rings is 1. The molecule has 154 valence electrons. The molecule has 0 radical (unpaired) electrons. The van der Waals surface area contributed by atoms with Crippen LogP contribution in [0.2, 0.25) is 5.02 Å². The number of pyridine rings is 1. The van der Waals surface area contributed by atoms with Crippen LogP contribution in [0.25, 0.3) is 17.0 Å². The van der Waals surface area contributed by atoms with Gasteiger partial charge in [0, 0.05) is 30.5 Å². The summed E-state index contributed by atoms with van der Waals surface area (Å²) >= 11 is 6.20. The lowest BCUT2D eigenvalue weighted by Crippen LogP contribution is -2.21. The Morgan fingerprint density at radius 3 is 2.57 bits per heavy atom. The standard InChI is InChI=1S/C23H23ClN4O2/c1-4-27(5-2)17-10-8-16(9-11-17)19-12-13-20(30-19)23(29)26-21-15(3)25-22-18(24)7-6-14-28(21)22/h6-14H,4-5H2,1-3H3,(H,26,29). The van der Waals surface area contributed by atoms with E-state index >= 15 is 0 Å². The molecule has 1 amide bonds. The molecule has 0 spiro atoms. The number of aromatic nitrogens is 2. The summed E-state index contributed by atoms with van der Waals surface area (Å²) in [4.78, 5) is 19.5. The first-order valence-corrected chi connectivity index (χ1v) is 10.3.